The number of piperidine rings is 1. The SMILES string of the molecule is CO[C@@H]1C[C@H](C[C@@H](C)[C@@H]2CC(=O)[C@H](C)/C=C(\C)[C@@H](O)[C@@H](OC)C(=O)[C@H](C)C[C@H](C)/C=C/C=C/C=C(\C)[C@@H](OCCOCCO)C[C@@H]3CC[C@@H](C)[C@@](O)(O3)C(=O)C(=O)N3CCCC[C@H]3C(=O)O2)CC[C@H]1OCCO. The molecule has 2 bridgehead atoms. The number of carbonyl (C=O) groups is 5. The van der Waals surface area contributed by atoms with Crippen LogP contribution in [-0.2, 0) is 57.1 Å². The van der Waals surface area contributed by atoms with Gasteiger partial charge in [-0.05, 0) is 107 Å². The average molecular weight is 1030 g/mol. The molecule has 0 unspecified atom stereocenters. The number of methoxy groups -OCH3 is 2. The molecular formula is C56H89NO16. The van der Waals surface area contributed by atoms with Crippen LogP contribution in [0, 0.1) is 35.5 Å². The van der Waals surface area contributed by atoms with Crippen molar-refractivity contribution in [3.05, 3.63) is 47.6 Å². The fraction of sp³-hybridized carbons (Fsp3) is 0.768. The molecule has 2 saturated heterocycles. The van der Waals surface area contributed by atoms with Crippen molar-refractivity contribution in [1.82, 2.24) is 4.90 Å². The van der Waals surface area contributed by atoms with E-state index in [1.54, 1.807) is 40.9 Å². The number of hydrogen-bond acceptors (Lipinski definition) is 16. The fourth-order valence-corrected chi connectivity index (χ4v) is 10.8. The number of nitrogens with zero attached hydrogens (tertiary/aromatic N) is 1. The summed E-state index contributed by atoms with van der Waals surface area (Å²) >= 11 is 0. The largest absolute Gasteiger partial charge is 0.460 e. The molecule has 4 aliphatic rings. The standard InChI is InChI=1S/C56H89NO16/c1-35-15-11-10-12-16-36(2)47(71-28-27-69-25-23-58)33-43-20-18-41(7)56(66,73-43)53(63)54(64)57-22-14-13-17-44(57)55(65)72-48(38(4)31-42-19-21-46(70-26-24-59)49(32-42)67-8)34-45(60)37(3)30-40(6)51(62)52(68-9)50(61)39(5)29-35/h10-12,15-16,30,35,37-39,41-44,46-49,51-52,58-59,62,66H,13-14,17-29,31-34H2,1-9H3/b12-10+,15-11+,36-16+,40-30+/t35-,37-,38-,39-,41-,42+,43+,44+,46-,47+,48+,49-,51-,52+,56-/m1/s1. The lowest BCUT2D eigenvalue weighted by Gasteiger charge is -2.43. The molecule has 17 nitrogen and oxygen atoms in total. The molecule has 0 aromatic rings. The second-order valence-electron chi connectivity index (χ2n) is 21.1. The van der Waals surface area contributed by atoms with Gasteiger partial charge in [0.1, 0.15) is 30.1 Å². The van der Waals surface area contributed by atoms with Crippen LogP contribution in [0.15, 0.2) is 47.6 Å². The Morgan fingerprint density at radius 3 is 2.25 bits per heavy atom. The molecule has 3 heterocycles. The first-order chi connectivity index (χ1) is 34.8. The van der Waals surface area contributed by atoms with E-state index < -0.39 is 77.8 Å². The van der Waals surface area contributed by atoms with Gasteiger partial charge in [0.05, 0.1) is 64.1 Å². The molecule has 3 aliphatic heterocycles. The van der Waals surface area contributed by atoms with Crippen molar-refractivity contribution in [2.24, 2.45) is 35.5 Å². The second-order valence-corrected chi connectivity index (χ2v) is 21.1. The van der Waals surface area contributed by atoms with Crippen LogP contribution in [0.25, 0.3) is 0 Å². The van der Waals surface area contributed by atoms with Crippen molar-refractivity contribution in [2.45, 2.75) is 180 Å². The summed E-state index contributed by atoms with van der Waals surface area (Å²) in [5.41, 5.74) is 1.19. The molecule has 0 radical (unpaired) electrons. The van der Waals surface area contributed by atoms with Crippen molar-refractivity contribution >= 4 is 29.2 Å². The quantitative estimate of drug-likeness (QED) is 0.0720. The summed E-state index contributed by atoms with van der Waals surface area (Å²) in [4.78, 5) is 72.6. The van der Waals surface area contributed by atoms with Crippen LogP contribution in [0.1, 0.15) is 126 Å². The lowest BCUT2D eigenvalue weighted by molar-refractivity contribution is -0.266. The van der Waals surface area contributed by atoms with Crippen LogP contribution in [-0.4, -0.2) is 170 Å². The molecule has 1 amide bonds. The summed E-state index contributed by atoms with van der Waals surface area (Å²) in [6.45, 7) is 13.2. The minimum Gasteiger partial charge on any atom is -0.460 e. The van der Waals surface area contributed by atoms with E-state index in [2.05, 4.69) is 0 Å². The van der Waals surface area contributed by atoms with Crippen LogP contribution in [0.5, 0.6) is 0 Å². The minimum absolute atomic E-state index is 0.0182. The molecule has 1 saturated carbocycles. The summed E-state index contributed by atoms with van der Waals surface area (Å²) in [5, 5.41) is 42.2. The Bertz CT molecular complexity index is 1900. The summed E-state index contributed by atoms with van der Waals surface area (Å²) < 4.78 is 41.6. The van der Waals surface area contributed by atoms with E-state index in [0.29, 0.717) is 56.9 Å². The third kappa shape index (κ3) is 18.1. The smallest absolute Gasteiger partial charge is 0.329 e. The molecule has 0 aromatic heterocycles. The normalized spacial score (nSPS) is 37.3. The maximum Gasteiger partial charge on any atom is 0.329 e. The third-order valence-corrected chi connectivity index (χ3v) is 15.4. The number of esters is 1. The van der Waals surface area contributed by atoms with Gasteiger partial charge in [-0.2, -0.15) is 0 Å². The Morgan fingerprint density at radius 2 is 1.55 bits per heavy atom. The molecule has 3 fully saturated rings. The highest BCUT2D eigenvalue weighted by Crippen LogP contribution is 2.38. The van der Waals surface area contributed by atoms with Gasteiger partial charge in [-0.25, -0.2) is 4.79 Å². The topological polar surface area (TPSA) is 234 Å². The van der Waals surface area contributed by atoms with Gasteiger partial charge in [0.25, 0.3) is 11.7 Å². The second kappa shape index (κ2) is 30.9. The fourth-order valence-electron chi connectivity index (χ4n) is 10.8. The molecule has 1 aliphatic carbocycles. The molecule has 0 aromatic carbocycles. The highest BCUT2D eigenvalue weighted by Gasteiger charge is 2.53. The van der Waals surface area contributed by atoms with Gasteiger partial charge in [0.2, 0.25) is 5.79 Å². The predicted molar refractivity (Wildman–Crippen MR) is 273 cm³/mol. The summed E-state index contributed by atoms with van der Waals surface area (Å²) in [6, 6.07) is -1.17. The number of allylic oxidation sites excluding steroid dienone is 6. The van der Waals surface area contributed by atoms with Gasteiger partial charge in [-0.15, -0.1) is 0 Å². The van der Waals surface area contributed by atoms with Gasteiger partial charge in [-0.1, -0.05) is 71.1 Å². The number of aliphatic hydroxyl groups excluding tert-OH is 3. The molecule has 4 rings (SSSR count). The Labute approximate surface area is 434 Å². The zero-order valence-corrected chi connectivity index (χ0v) is 45.1. The van der Waals surface area contributed by atoms with Gasteiger partial charge >= 0.3 is 5.97 Å². The number of amides is 1. The number of fused-ring (bicyclic) bond motifs is 3. The molecule has 0 spiro atoms. The first kappa shape index (κ1) is 62.1. The van der Waals surface area contributed by atoms with Gasteiger partial charge in [-0.3, -0.25) is 19.2 Å². The third-order valence-electron chi connectivity index (χ3n) is 15.4. The van der Waals surface area contributed by atoms with Crippen LogP contribution in [0.4, 0.5) is 0 Å². The molecule has 4 N–H and O–H groups in total. The number of carbonyl (C=O) groups excluding carboxylic acids is 5. The van der Waals surface area contributed by atoms with Crippen molar-refractivity contribution in [1.29, 1.82) is 0 Å². The number of ether oxygens (including phenoxy) is 7. The van der Waals surface area contributed by atoms with Crippen LogP contribution >= 0.6 is 0 Å². The summed E-state index contributed by atoms with van der Waals surface area (Å²) in [6.07, 6.45) is 11.3. The summed E-state index contributed by atoms with van der Waals surface area (Å²) in [5.74, 6) is -8.28. The minimum atomic E-state index is -2.49. The van der Waals surface area contributed by atoms with Gasteiger partial charge < -0.3 is 58.5 Å². The maximum atomic E-state index is 14.5. The Balaban J connectivity index is 1.71. The van der Waals surface area contributed by atoms with E-state index >= 15 is 0 Å². The average Bonchev–Trinajstić information content (AvgIpc) is 3.37. The predicted octanol–water partition coefficient (Wildman–Crippen LogP) is 5.58. The van der Waals surface area contributed by atoms with Crippen LogP contribution in [0.3, 0.4) is 0 Å². The highest BCUT2D eigenvalue weighted by atomic mass is 16.6. The molecule has 73 heavy (non-hydrogen) atoms. The van der Waals surface area contributed by atoms with Crippen molar-refractivity contribution in [2.75, 3.05) is 60.4 Å². The van der Waals surface area contributed by atoms with Gasteiger partial charge in [0, 0.05) is 51.4 Å². The summed E-state index contributed by atoms with van der Waals surface area (Å²) in [7, 11) is 3.00. The monoisotopic (exact) mass is 1030 g/mol. The lowest BCUT2D eigenvalue weighted by Crippen LogP contribution is -2.61. The molecular weight excluding hydrogens is 943 g/mol. The number of rotatable bonds is 14. The Hall–Kier alpha value is -3.49. The van der Waals surface area contributed by atoms with Crippen molar-refractivity contribution < 1.29 is 77.6 Å². The first-order valence-electron chi connectivity index (χ1n) is 26.8. The molecule has 17 heteroatoms. The zero-order chi connectivity index (χ0) is 53.8. The highest BCUT2D eigenvalue weighted by molar-refractivity contribution is 6.39. The van der Waals surface area contributed by atoms with E-state index in [1.807, 2.05) is 51.2 Å². The Morgan fingerprint density at radius 1 is 0.808 bits per heavy atom. The number of hydrogen-bond donors (Lipinski definition) is 4. The molecule has 15 atom stereocenters. The van der Waals surface area contributed by atoms with E-state index in [-0.39, 0.29) is 107 Å². The maximum absolute atomic E-state index is 14.5. The van der Waals surface area contributed by atoms with E-state index in [0.717, 1.165) is 12.0 Å². The van der Waals surface area contributed by atoms with Crippen molar-refractivity contribution in [3.8, 4) is 0 Å². The molecule has 414 valence electrons. The van der Waals surface area contributed by atoms with Crippen LogP contribution in [0.2, 0.25) is 0 Å². The van der Waals surface area contributed by atoms with Crippen LogP contribution < -0.4 is 0 Å². The number of aliphatic hydroxyl groups is 4. The number of ketones is 3. The van der Waals surface area contributed by atoms with E-state index in [4.69, 9.17) is 33.2 Å². The number of cyclic esters (lactones) is 1. The van der Waals surface area contributed by atoms with E-state index in [1.165, 1.54) is 12.0 Å². The number of Topliss-reactive ketones (excluding diaryl/α,β-unsaturated/α-hetero) is 3. The van der Waals surface area contributed by atoms with Gasteiger partial charge in [0.15, 0.2) is 5.78 Å². The first-order valence-corrected chi connectivity index (χ1v) is 26.8. The zero-order valence-electron chi connectivity index (χ0n) is 45.1. The van der Waals surface area contributed by atoms with Crippen molar-refractivity contribution in [3.63, 3.8) is 0 Å². The lowest BCUT2D eigenvalue weighted by atomic mass is 9.78. The van der Waals surface area contributed by atoms with E-state index in [9.17, 15) is 44.4 Å². The Kier molecular flexibility index (Phi) is 26.3.